The summed E-state index contributed by atoms with van der Waals surface area (Å²) in [5.41, 5.74) is 0.646. The lowest BCUT2D eigenvalue weighted by molar-refractivity contribution is -0.105. The zero-order chi connectivity index (χ0) is 6.97. The highest BCUT2D eigenvalue weighted by molar-refractivity contribution is 5.78. The van der Waals surface area contributed by atoms with Gasteiger partial charge >= 0.3 is 0 Å². The van der Waals surface area contributed by atoms with Crippen molar-refractivity contribution in [3.63, 3.8) is 0 Å². The lowest BCUT2D eigenvalue weighted by atomic mass is 10.2. The molecule has 0 N–H and O–H groups in total. The second-order valence-electron chi connectivity index (χ2n) is 2.16. The van der Waals surface area contributed by atoms with Crippen LogP contribution in [0, 0.1) is 0 Å². The van der Waals surface area contributed by atoms with Crippen molar-refractivity contribution in [3.05, 3.63) is 23.5 Å². The normalized spacial score (nSPS) is 28.6. The minimum absolute atomic E-state index is 0.211. The van der Waals surface area contributed by atoms with Gasteiger partial charge in [-0.3, -0.25) is 4.79 Å². The summed E-state index contributed by atoms with van der Waals surface area (Å²) in [4.78, 5) is 10.3. The smallest absolute Gasteiger partial charge is 0.190 e. The zero-order valence-electron chi connectivity index (χ0n) is 5.24. The maximum Gasteiger partial charge on any atom is 0.190 e. The maximum absolute atomic E-state index is 10.3. The van der Waals surface area contributed by atoms with E-state index in [1.807, 2.05) is 0 Å². The van der Waals surface area contributed by atoms with Crippen molar-refractivity contribution in [1.29, 1.82) is 0 Å². The molecule has 3 heteroatoms. The molecule has 0 spiro atoms. The van der Waals surface area contributed by atoms with Crippen LogP contribution in [0.3, 0.4) is 0 Å². The van der Waals surface area contributed by atoms with Crippen molar-refractivity contribution >= 4 is 6.29 Å². The van der Waals surface area contributed by atoms with Crippen molar-refractivity contribution in [1.82, 2.24) is 0 Å². The summed E-state index contributed by atoms with van der Waals surface area (Å²) >= 11 is 0. The Balaban J connectivity index is 2.26. The fourth-order valence-electron chi connectivity index (χ4n) is 1.09. The van der Waals surface area contributed by atoms with Crippen LogP contribution in [0.1, 0.15) is 0 Å². The number of allylic oxidation sites excluding steroid dienone is 2. The van der Waals surface area contributed by atoms with Gasteiger partial charge in [-0.1, -0.05) is 0 Å². The van der Waals surface area contributed by atoms with E-state index >= 15 is 0 Å². The molecule has 1 aliphatic carbocycles. The van der Waals surface area contributed by atoms with Gasteiger partial charge in [0.15, 0.2) is 6.79 Å². The van der Waals surface area contributed by atoms with Crippen molar-refractivity contribution in [3.8, 4) is 0 Å². The van der Waals surface area contributed by atoms with E-state index in [-0.39, 0.29) is 12.9 Å². The molecule has 3 nitrogen and oxygen atoms in total. The van der Waals surface area contributed by atoms with Gasteiger partial charge in [-0.25, -0.2) is 0 Å². The Morgan fingerprint density at radius 1 is 1.60 bits per heavy atom. The first-order valence-electron chi connectivity index (χ1n) is 3.03. The van der Waals surface area contributed by atoms with Gasteiger partial charge in [0.25, 0.3) is 0 Å². The largest absolute Gasteiger partial charge is 0.469 e. The molecule has 0 saturated carbocycles. The van der Waals surface area contributed by atoms with E-state index in [1.54, 1.807) is 12.2 Å². The monoisotopic (exact) mass is 138 g/mol. The number of ether oxygens (including phenoxy) is 2. The predicted octanol–water partition coefficient (Wildman–Crippen LogP) is 0.382. The summed E-state index contributed by atoms with van der Waals surface area (Å²) in [6, 6.07) is 0. The van der Waals surface area contributed by atoms with E-state index in [2.05, 4.69) is 0 Å². The molecular formula is C7H6O3. The van der Waals surface area contributed by atoms with Gasteiger partial charge in [0.1, 0.15) is 18.1 Å². The molecule has 1 heterocycles. The van der Waals surface area contributed by atoms with Crippen LogP contribution in [0.15, 0.2) is 23.5 Å². The van der Waals surface area contributed by atoms with E-state index in [0.717, 1.165) is 12.0 Å². The molecule has 0 aromatic rings. The number of fused-ring (bicyclic) bond motifs is 1. The number of aldehydes is 1. The highest BCUT2D eigenvalue weighted by atomic mass is 16.7. The molecule has 0 aromatic carbocycles. The van der Waals surface area contributed by atoms with E-state index in [0.29, 0.717) is 5.57 Å². The average molecular weight is 138 g/mol. The third-order valence-corrected chi connectivity index (χ3v) is 1.60. The Labute approximate surface area is 57.9 Å². The van der Waals surface area contributed by atoms with Crippen LogP contribution in [0.5, 0.6) is 0 Å². The van der Waals surface area contributed by atoms with Gasteiger partial charge in [0.2, 0.25) is 0 Å². The molecule has 0 amide bonds. The molecule has 10 heavy (non-hydrogen) atoms. The van der Waals surface area contributed by atoms with Crippen LogP contribution in [0.25, 0.3) is 0 Å². The van der Waals surface area contributed by atoms with Gasteiger partial charge in [0, 0.05) is 5.57 Å². The molecular weight excluding hydrogens is 132 g/mol. The molecule has 0 aromatic heterocycles. The lowest BCUT2D eigenvalue weighted by Gasteiger charge is -2.00. The molecule has 52 valence electrons. The first kappa shape index (κ1) is 5.68. The van der Waals surface area contributed by atoms with Crippen molar-refractivity contribution in [2.75, 3.05) is 6.79 Å². The third-order valence-electron chi connectivity index (χ3n) is 1.60. The molecule has 0 bridgehead atoms. The molecule has 1 saturated heterocycles. The van der Waals surface area contributed by atoms with Crippen LogP contribution in [-0.4, -0.2) is 19.2 Å². The predicted molar refractivity (Wildman–Crippen MR) is 33.1 cm³/mol. The quantitative estimate of drug-likeness (QED) is 0.491. The third kappa shape index (κ3) is 0.609. The van der Waals surface area contributed by atoms with Crippen molar-refractivity contribution < 1.29 is 14.3 Å². The zero-order valence-corrected chi connectivity index (χ0v) is 5.24. The first-order chi connectivity index (χ1) is 4.92. The van der Waals surface area contributed by atoms with E-state index in [9.17, 15) is 4.79 Å². The van der Waals surface area contributed by atoms with E-state index in [4.69, 9.17) is 9.47 Å². The standard InChI is InChI=1S/C7H6O3/c8-3-5-1-2-6-7(5)10-4-9-6/h1-3,7H,4H2. The number of carbonyl (C=O) groups excluding carboxylic acids is 1. The number of carbonyl (C=O) groups is 1. The van der Waals surface area contributed by atoms with Crippen molar-refractivity contribution in [2.45, 2.75) is 6.10 Å². The van der Waals surface area contributed by atoms with Crippen LogP contribution in [0.2, 0.25) is 0 Å². The Hall–Kier alpha value is -1.09. The lowest BCUT2D eigenvalue weighted by Crippen LogP contribution is -2.08. The van der Waals surface area contributed by atoms with E-state index in [1.165, 1.54) is 0 Å². The minimum Gasteiger partial charge on any atom is -0.469 e. The molecule has 1 unspecified atom stereocenters. The topological polar surface area (TPSA) is 35.5 Å². The highest BCUT2D eigenvalue weighted by Gasteiger charge is 2.29. The van der Waals surface area contributed by atoms with Gasteiger partial charge in [0.05, 0.1) is 0 Å². The Morgan fingerprint density at radius 3 is 3.30 bits per heavy atom. The van der Waals surface area contributed by atoms with E-state index < -0.39 is 0 Å². The molecule has 1 atom stereocenters. The van der Waals surface area contributed by atoms with Crippen LogP contribution in [0.4, 0.5) is 0 Å². The summed E-state index contributed by atoms with van der Waals surface area (Å²) in [7, 11) is 0. The summed E-state index contributed by atoms with van der Waals surface area (Å²) in [6.07, 6.45) is 4.06. The van der Waals surface area contributed by atoms with Gasteiger partial charge in [-0.15, -0.1) is 0 Å². The number of hydrogen-bond acceptors (Lipinski definition) is 3. The number of rotatable bonds is 1. The Morgan fingerprint density at radius 2 is 2.50 bits per heavy atom. The fourth-order valence-corrected chi connectivity index (χ4v) is 1.09. The molecule has 1 fully saturated rings. The fraction of sp³-hybridized carbons (Fsp3) is 0.286. The summed E-state index contributed by atoms with van der Waals surface area (Å²) in [5.74, 6) is 0.752. The molecule has 2 rings (SSSR count). The Kier molecular flexibility index (Phi) is 1.11. The second kappa shape index (κ2) is 1.95. The van der Waals surface area contributed by atoms with Gasteiger partial charge < -0.3 is 9.47 Å². The Bertz CT molecular complexity index is 227. The second-order valence-corrected chi connectivity index (χ2v) is 2.16. The SMILES string of the molecule is O=CC1=CC=C2OCOC12. The molecule has 1 aliphatic heterocycles. The molecule has 2 aliphatic rings. The first-order valence-corrected chi connectivity index (χ1v) is 3.03. The number of hydrogen-bond donors (Lipinski definition) is 0. The summed E-state index contributed by atoms with van der Waals surface area (Å²) < 4.78 is 10.1. The maximum atomic E-state index is 10.3. The summed E-state index contributed by atoms with van der Waals surface area (Å²) in [6.45, 7) is 0.266. The summed E-state index contributed by atoms with van der Waals surface area (Å²) in [5, 5.41) is 0. The average Bonchev–Trinajstić information content (AvgIpc) is 2.44. The van der Waals surface area contributed by atoms with Crippen LogP contribution >= 0.6 is 0 Å². The van der Waals surface area contributed by atoms with Gasteiger partial charge in [-0.2, -0.15) is 0 Å². The van der Waals surface area contributed by atoms with Crippen LogP contribution < -0.4 is 0 Å². The van der Waals surface area contributed by atoms with Gasteiger partial charge in [-0.05, 0) is 12.2 Å². The minimum atomic E-state index is -0.211. The van der Waals surface area contributed by atoms with Crippen molar-refractivity contribution in [2.24, 2.45) is 0 Å². The highest BCUT2D eigenvalue weighted by Crippen LogP contribution is 2.27. The van der Waals surface area contributed by atoms with Crippen LogP contribution in [-0.2, 0) is 14.3 Å². The molecule has 0 radical (unpaired) electrons.